The van der Waals surface area contributed by atoms with E-state index in [2.05, 4.69) is 5.32 Å². The van der Waals surface area contributed by atoms with E-state index in [0.717, 1.165) is 15.4 Å². The number of hydrogen-bond donors (Lipinski definition) is 1. The van der Waals surface area contributed by atoms with Crippen molar-refractivity contribution in [1.82, 2.24) is 10.2 Å². The third-order valence-corrected chi connectivity index (χ3v) is 8.59. The molecular weight excluding hydrogens is 557 g/mol. The van der Waals surface area contributed by atoms with Gasteiger partial charge in [-0.05, 0) is 74.7 Å². The van der Waals surface area contributed by atoms with Crippen LogP contribution in [0.1, 0.15) is 37.0 Å². The molecule has 0 bridgehead atoms. The van der Waals surface area contributed by atoms with Gasteiger partial charge in [0.05, 0.1) is 10.6 Å². The quantitative estimate of drug-likeness (QED) is 0.308. The van der Waals surface area contributed by atoms with E-state index in [1.807, 2.05) is 13.8 Å². The van der Waals surface area contributed by atoms with E-state index in [1.165, 1.54) is 23.1 Å². The number of likely N-dealkylation sites (N-methyl/N-ethyl adjacent to an activating group) is 1. The van der Waals surface area contributed by atoms with E-state index in [-0.39, 0.29) is 23.0 Å². The van der Waals surface area contributed by atoms with Crippen molar-refractivity contribution in [3.05, 3.63) is 93.5 Å². The minimum absolute atomic E-state index is 0.0419. The Morgan fingerprint density at radius 2 is 1.51 bits per heavy atom. The van der Waals surface area contributed by atoms with E-state index < -0.39 is 28.5 Å². The average Bonchev–Trinajstić information content (AvgIpc) is 2.90. The van der Waals surface area contributed by atoms with Crippen molar-refractivity contribution in [2.24, 2.45) is 0 Å². The highest BCUT2D eigenvalue weighted by Gasteiger charge is 2.34. The van der Waals surface area contributed by atoms with Gasteiger partial charge < -0.3 is 10.2 Å². The Morgan fingerprint density at radius 3 is 2.10 bits per heavy atom. The van der Waals surface area contributed by atoms with E-state index in [1.54, 1.807) is 62.4 Å². The number of hydrogen-bond acceptors (Lipinski definition) is 4. The lowest BCUT2D eigenvalue weighted by molar-refractivity contribution is -0.140. The molecule has 0 aromatic heterocycles. The summed E-state index contributed by atoms with van der Waals surface area (Å²) in [6.45, 7) is 7.19. The van der Waals surface area contributed by atoms with Crippen LogP contribution in [0.3, 0.4) is 0 Å². The molecule has 3 rings (SSSR count). The van der Waals surface area contributed by atoms with Gasteiger partial charge in [0.15, 0.2) is 0 Å². The molecule has 39 heavy (non-hydrogen) atoms. The van der Waals surface area contributed by atoms with Gasteiger partial charge in [-0.2, -0.15) is 0 Å². The molecule has 0 spiro atoms. The lowest BCUT2D eigenvalue weighted by atomic mass is 10.1. The summed E-state index contributed by atoms with van der Waals surface area (Å²) in [6.07, 6.45) is 0.339. The van der Waals surface area contributed by atoms with Crippen LogP contribution in [0.15, 0.2) is 71.6 Å². The number of amides is 2. The van der Waals surface area contributed by atoms with Gasteiger partial charge in [-0.3, -0.25) is 13.9 Å². The molecule has 3 aromatic carbocycles. The summed E-state index contributed by atoms with van der Waals surface area (Å²) in [5, 5.41) is 3.66. The number of nitrogens with one attached hydrogen (secondary N) is 1. The van der Waals surface area contributed by atoms with Crippen LogP contribution >= 0.6 is 23.2 Å². The van der Waals surface area contributed by atoms with Gasteiger partial charge in [-0.1, -0.05) is 66.0 Å². The molecule has 208 valence electrons. The monoisotopic (exact) mass is 589 g/mol. The fraction of sp³-hybridized carbons (Fsp3) is 0.310. The fourth-order valence-corrected chi connectivity index (χ4v) is 5.96. The summed E-state index contributed by atoms with van der Waals surface area (Å²) in [5.74, 6) is -0.840. The van der Waals surface area contributed by atoms with Crippen molar-refractivity contribution in [3.63, 3.8) is 0 Å². The first-order valence-corrected chi connectivity index (χ1v) is 14.8. The van der Waals surface area contributed by atoms with Crippen LogP contribution in [0.25, 0.3) is 0 Å². The molecule has 0 heterocycles. The SMILES string of the molecule is CCNC(=O)[C@@H](CC)N(Cc1ccc(Cl)cc1)C(=O)CN(c1cc(Cl)ccc1C)S(=O)(=O)c1ccc(C)cc1. The summed E-state index contributed by atoms with van der Waals surface area (Å²) >= 11 is 12.3. The summed E-state index contributed by atoms with van der Waals surface area (Å²) < 4.78 is 29.0. The van der Waals surface area contributed by atoms with Gasteiger partial charge in [0.1, 0.15) is 12.6 Å². The maximum absolute atomic E-state index is 14.0. The Labute approximate surface area is 240 Å². The molecular formula is C29H33Cl2N3O4S. The molecule has 0 aliphatic rings. The molecule has 0 saturated heterocycles. The van der Waals surface area contributed by atoms with Crippen molar-refractivity contribution < 1.29 is 18.0 Å². The number of halogens is 2. The molecule has 0 aliphatic heterocycles. The van der Waals surface area contributed by atoms with Gasteiger partial charge in [0, 0.05) is 23.1 Å². The second-order valence-corrected chi connectivity index (χ2v) is 12.0. The Balaban J connectivity index is 2.10. The second-order valence-electron chi connectivity index (χ2n) is 9.22. The lowest BCUT2D eigenvalue weighted by Crippen LogP contribution is -2.52. The molecule has 1 atom stereocenters. The van der Waals surface area contributed by atoms with E-state index in [4.69, 9.17) is 23.2 Å². The summed E-state index contributed by atoms with van der Waals surface area (Å²) in [4.78, 5) is 28.5. The number of carbonyl (C=O) groups excluding carboxylic acids is 2. The summed E-state index contributed by atoms with van der Waals surface area (Å²) in [7, 11) is -4.17. The van der Waals surface area contributed by atoms with Crippen molar-refractivity contribution >= 4 is 50.7 Å². The standard InChI is InChI=1S/C29H33Cl2N3O4S/c1-5-26(29(36)32-6-2)33(18-22-10-13-23(30)14-11-22)28(35)19-34(27-17-24(31)12-9-21(27)4)39(37,38)25-15-7-20(3)8-16-25/h7-17,26H,5-6,18-19H2,1-4H3,(H,32,36)/t26-/m1/s1. The number of rotatable bonds is 11. The Hall–Kier alpha value is -3.07. The zero-order valence-electron chi connectivity index (χ0n) is 22.4. The molecule has 0 fully saturated rings. The number of sulfonamides is 1. The van der Waals surface area contributed by atoms with E-state index in [9.17, 15) is 18.0 Å². The second kappa shape index (κ2) is 13.3. The van der Waals surface area contributed by atoms with Gasteiger partial charge in [-0.15, -0.1) is 0 Å². The van der Waals surface area contributed by atoms with Crippen molar-refractivity contribution in [2.45, 2.75) is 51.6 Å². The summed E-state index contributed by atoms with van der Waals surface area (Å²) in [5.41, 5.74) is 2.57. The molecule has 10 heteroatoms. The van der Waals surface area contributed by atoms with Crippen LogP contribution in [0, 0.1) is 13.8 Å². The van der Waals surface area contributed by atoms with Crippen LogP contribution in [0.4, 0.5) is 5.69 Å². The molecule has 3 aromatic rings. The molecule has 0 aliphatic carbocycles. The molecule has 7 nitrogen and oxygen atoms in total. The van der Waals surface area contributed by atoms with Crippen LogP contribution < -0.4 is 9.62 Å². The molecule has 1 N–H and O–H groups in total. The van der Waals surface area contributed by atoms with Gasteiger partial charge in [0.25, 0.3) is 10.0 Å². The van der Waals surface area contributed by atoms with Gasteiger partial charge in [0.2, 0.25) is 11.8 Å². The number of carbonyl (C=O) groups is 2. The summed E-state index contributed by atoms with van der Waals surface area (Å²) in [6, 6.07) is 17.5. The van der Waals surface area contributed by atoms with Crippen LogP contribution in [-0.4, -0.2) is 44.3 Å². The molecule has 0 radical (unpaired) electrons. The highest BCUT2D eigenvalue weighted by Crippen LogP contribution is 2.30. The first kappa shape index (κ1) is 30.5. The zero-order chi connectivity index (χ0) is 28.7. The first-order chi connectivity index (χ1) is 18.5. The van der Waals surface area contributed by atoms with Crippen LogP contribution in [-0.2, 0) is 26.2 Å². The Kier molecular flexibility index (Phi) is 10.4. The minimum atomic E-state index is -4.17. The predicted octanol–water partition coefficient (Wildman–Crippen LogP) is 5.75. The van der Waals surface area contributed by atoms with Crippen molar-refractivity contribution in [1.29, 1.82) is 0 Å². The van der Waals surface area contributed by atoms with Gasteiger partial charge >= 0.3 is 0 Å². The molecule has 0 saturated carbocycles. The smallest absolute Gasteiger partial charge is 0.264 e. The predicted molar refractivity (Wildman–Crippen MR) is 157 cm³/mol. The highest BCUT2D eigenvalue weighted by molar-refractivity contribution is 7.92. The largest absolute Gasteiger partial charge is 0.355 e. The molecule has 0 unspecified atom stereocenters. The number of nitrogens with zero attached hydrogens (tertiary/aromatic N) is 2. The Bertz CT molecular complexity index is 1410. The van der Waals surface area contributed by atoms with Crippen molar-refractivity contribution in [2.75, 3.05) is 17.4 Å². The number of benzene rings is 3. The minimum Gasteiger partial charge on any atom is -0.355 e. The highest BCUT2D eigenvalue weighted by atomic mass is 35.5. The maximum atomic E-state index is 14.0. The van der Waals surface area contributed by atoms with Gasteiger partial charge in [-0.25, -0.2) is 8.42 Å². The third-order valence-electron chi connectivity index (χ3n) is 6.33. The maximum Gasteiger partial charge on any atom is 0.264 e. The fourth-order valence-electron chi connectivity index (χ4n) is 4.20. The topological polar surface area (TPSA) is 86.8 Å². The molecule has 2 amide bonds. The van der Waals surface area contributed by atoms with Crippen LogP contribution in [0.5, 0.6) is 0 Å². The Morgan fingerprint density at radius 1 is 0.897 bits per heavy atom. The lowest BCUT2D eigenvalue weighted by Gasteiger charge is -2.33. The van der Waals surface area contributed by atoms with Crippen molar-refractivity contribution in [3.8, 4) is 0 Å². The third kappa shape index (κ3) is 7.53. The number of aryl methyl sites for hydroxylation is 2. The zero-order valence-corrected chi connectivity index (χ0v) is 24.8. The van der Waals surface area contributed by atoms with E-state index >= 15 is 0 Å². The first-order valence-electron chi connectivity index (χ1n) is 12.6. The normalized spacial score (nSPS) is 12.1. The number of anilines is 1. The average molecular weight is 591 g/mol. The van der Waals surface area contributed by atoms with Crippen LogP contribution in [0.2, 0.25) is 10.0 Å². The van der Waals surface area contributed by atoms with E-state index in [0.29, 0.717) is 28.6 Å².